The first kappa shape index (κ1) is 99.8. The summed E-state index contributed by atoms with van der Waals surface area (Å²) in [5.41, 5.74) is 33.2. The summed E-state index contributed by atoms with van der Waals surface area (Å²) in [5.74, 6) is 10.5. The van der Waals surface area contributed by atoms with Gasteiger partial charge in [-0.25, -0.2) is 0 Å². The summed E-state index contributed by atoms with van der Waals surface area (Å²) >= 11 is 0. The van der Waals surface area contributed by atoms with Crippen LogP contribution in [0.5, 0.6) is 28.7 Å². The summed E-state index contributed by atoms with van der Waals surface area (Å²) < 4.78 is 43.2. The Labute approximate surface area is 843 Å². The van der Waals surface area contributed by atoms with E-state index in [4.69, 9.17) is 23.7 Å². The van der Waals surface area contributed by atoms with Gasteiger partial charge in [0.15, 0.2) is 31.1 Å². The van der Waals surface area contributed by atoms with Gasteiger partial charge in [-0.05, 0) is 212 Å². The van der Waals surface area contributed by atoms with Gasteiger partial charge in [-0.3, -0.25) is 0 Å². The van der Waals surface area contributed by atoms with E-state index < -0.39 is 0 Å². The van der Waals surface area contributed by atoms with Gasteiger partial charge >= 0.3 is 0 Å². The van der Waals surface area contributed by atoms with Crippen LogP contribution in [0.4, 0.5) is 28.4 Å². The van der Waals surface area contributed by atoms with Gasteiger partial charge in [-0.1, -0.05) is 349 Å². The molecule has 726 valence electrons. The monoisotopic (exact) mass is 1880 g/mol. The lowest BCUT2D eigenvalue weighted by Crippen LogP contribution is -2.49. The minimum atomic E-state index is -0.334. The summed E-state index contributed by atoms with van der Waals surface area (Å²) in [6.07, 6.45) is 22.1. The van der Waals surface area contributed by atoms with Crippen molar-refractivity contribution in [1.82, 2.24) is 0 Å². The van der Waals surface area contributed by atoms with Gasteiger partial charge < -0.3 is 23.7 Å². The number of fused-ring (bicyclic) bond motifs is 5. The molecule has 0 amide bonds. The molecule has 22 rings (SSSR count). The molecule has 0 spiro atoms. The number of hydrogen-bond acceptors (Lipinski definition) is 5. The standard InChI is InChI=1S/C31H30NO.C28H34NO.C27H30NO.C27H38NO.C18H20NO/c1-23(2)27-18-10-11-20-29(27)32-21-24-13-12-19-28(30(24)33-22-32)31(3,25-14-6-4-7-15-25)26-16-8-5-9-17-26;1-18(2)24-6-4-5-7-26(24)29-16-23-8-19(3)9-25(27(23)30-17-29)28-13-20-10-21(14-28)12-22(11-20)15-28;1-19(2)23-13-9-10-14-25(23)28-17-21-15-20(3)16-24(26(21)29-18-28)27(4,5)22-11-7-6-8-12-22;1-9-26(5,6)21-15-20-17-28(24-14-12-11-13-22(24)19(3)4)18-29-25(20)23(16-21)27(7,8)10-2;1-13(2)16-9-4-5-10-17(16)19-11-15-8-6-7-14(3)18(15)20-12-19/h4-21,23H,22H2,1-3H3;4-9,16,18,20-22H,10-15,17H2,1-3H3;6-17,19H,18H2,1-5H3;11-17,19H,9-10,18H2,1-8H3;4-11,13H,12H2,1-3H3/q5*+1. The van der Waals surface area contributed by atoms with Crippen LogP contribution in [-0.2, 0) is 27.1 Å². The van der Waals surface area contributed by atoms with Gasteiger partial charge in [0, 0.05) is 91.2 Å². The summed E-state index contributed by atoms with van der Waals surface area (Å²) in [6, 6.07) is 102. The second-order valence-electron chi connectivity index (χ2n) is 44.6. The maximum Gasteiger partial charge on any atom is 0.292 e. The van der Waals surface area contributed by atoms with Crippen LogP contribution in [0.2, 0.25) is 0 Å². The predicted molar refractivity (Wildman–Crippen MR) is 585 cm³/mol. The lowest BCUT2D eigenvalue weighted by molar-refractivity contribution is -0.477. The van der Waals surface area contributed by atoms with E-state index in [1.54, 1.807) is 0 Å². The molecule has 13 aromatic carbocycles. The van der Waals surface area contributed by atoms with Crippen molar-refractivity contribution in [3.05, 3.63) is 402 Å². The maximum absolute atomic E-state index is 6.60. The van der Waals surface area contributed by atoms with Crippen molar-refractivity contribution in [3.63, 3.8) is 0 Å². The largest absolute Gasteiger partial charge is 0.435 e. The van der Waals surface area contributed by atoms with Crippen molar-refractivity contribution in [2.45, 2.75) is 260 Å². The van der Waals surface area contributed by atoms with Crippen molar-refractivity contribution in [1.29, 1.82) is 0 Å². The third-order valence-electron chi connectivity index (χ3n) is 31.8. The molecule has 10 nitrogen and oxygen atoms in total. The smallest absolute Gasteiger partial charge is 0.292 e. The van der Waals surface area contributed by atoms with Crippen molar-refractivity contribution >= 4 is 59.5 Å². The minimum absolute atomic E-state index is 0.0791. The quantitative estimate of drug-likeness (QED) is 0.0562. The van der Waals surface area contributed by atoms with Crippen LogP contribution in [0.3, 0.4) is 0 Å². The molecule has 10 heteroatoms. The van der Waals surface area contributed by atoms with Crippen LogP contribution >= 0.6 is 0 Å². The first-order valence-electron chi connectivity index (χ1n) is 52.3. The van der Waals surface area contributed by atoms with E-state index in [-0.39, 0.29) is 21.7 Å². The molecule has 9 aliphatic rings. The molecular formula is C131H152N5O5+5. The zero-order valence-electron chi connectivity index (χ0n) is 88.1. The van der Waals surface area contributed by atoms with Gasteiger partial charge in [0.05, 0.1) is 27.8 Å². The Hall–Kier alpha value is -12.8. The topological polar surface area (TPSA) is 61.2 Å². The van der Waals surface area contributed by atoms with E-state index in [1.165, 1.54) is 173 Å². The van der Waals surface area contributed by atoms with E-state index in [0.29, 0.717) is 68.7 Å². The summed E-state index contributed by atoms with van der Waals surface area (Å²) in [7, 11) is 0. The average Bonchev–Trinajstić information content (AvgIpc) is 0.715. The predicted octanol–water partition coefficient (Wildman–Crippen LogP) is 32.1. The average molecular weight is 1880 g/mol. The van der Waals surface area contributed by atoms with E-state index in [2.05, 4.69) is 491 Å². The van der Waals surface area contributed by atoms with Crippen LogP contribution in [0.1, 0.15) is 329 Å². The summed E-state index contributed by atoms with van der Waals surface area (Å²) in [5, 5.41) is 0. The van der Waals surface area contributed by atoms with Crippen molar-refractivity contribution < 1.29 is 46.6 Å². The Kier molecular flexibility index (Phi) is 29.8. The molecule has 141 heavy (non-hydrogen) atoms. The number of aryl methyl sites for hydroxylation is 3. The first-order valence-corrected chi connectivity index (χ1v) is 52.3. The van der Waals surface area contributed by atoms with E-state index >= 15 is 0 Å². The van der Waals surface area contributed by atoms with Crippen molar-refractivity contribution in [2.24, 2.45) is 17.8 Å². The van der Waals surface area contributed by atoms with E-state index in [0.717, 1.165) is 70.3 Å². The molecule has 4 saturated carbocycles. The van der Waals surface area contributed by atoms with Crippen LogP contribution in [0.15, 0.2) is 285 Å². The molecule has 0 saturated heterocycles. The van der Waals surface area contributed by atoms with Crippen molar-refractivity contribution in [3.8, 4) is 28.7 Å². The molecule has 4 aliphatic carbocycles. The highest BCUT2D eigenvalue weighted by atomic mass is 16.5. The normalized spacial score (nSPS) is 17.5. The number of rotatable bonds is 20. The van der Waals surface area contributed by atoms with Gasteiger partial charge in [0.2, 0.25) is 28.4 Å². The lowest BCUT2D eigenvalue weighted by Gasteiger charge is -2.57. The van der Waals surface area contributed by atoms with E-state index in [9.17, 15) is 0 Å². The molecule has 5 aliphatic heterocycles. The minimum Gasteiger partial charge on any atom is -0.435 e. The van der Waals surface area contributed by atoms with Crippen molar-refractivity contribution in [2.75, 3.05) is 33.7 Å². The fourth-order valence-corrected chi connectivity index (χ4v) is 23.4. The third kappa shape index (κ3) is 21.0. The van der Waals surface area contributed by atoms with E-state index in [1.807, 2.05) is 0 Å². The fraction of sp³-hybridized carbons (Fsp3) is 0.366. The Morgan fingerprint density at radius 1 is 0.284 bits per heavy atom. The lowest BCUT2D eigenvalue weighted by atomic mass is 9.48. The molecule has 0 aromatic heterocycles. The van der Waals surface area contributed by atoms with Crippen LogP contribution in [-0.4, -0.2) is 87.6 Å². The zero-order chi connectivity index (χ0) is 99.4. The number of para-hydroxylation sites is 7. The molecule has 0 unspecified atom stereocenters. The highest BCUT2D eigenvalue weighted by molar-refractivity contribution is 5.87. The first-order chi connectivity index (χ1) is 67.7. The fourth-order valence-electron chi connectivity index (χ4n) is 23.4. The SMILES string of the molecule is CC(C)c1ccccc1[N+]1=Cc2cccc(C(C)(c3ccccc3)c3ccccc3)c2OC1.CCC(C)(C)c1cc2c(c(C(C)(C)CC)c1)OC[N+](c1ccccc1C(C)C)=C2.Cc1cc2c(c(C(C)(C)c3ccccc3)c1)OC[N+](c1ccccc1C(C)C)=C2.Cc1cc2c(c(C34CC5CC(CC(C5)C3)C4)c1)OC[N+](c1ccccc1C(C)C)=C2.Cc1cccc2c1OC[N+](c1ccccc1C(C)C)=C2. The zero-order valence-corrected chi connectivity index (χ0v) is 88.1. The molecular weight excluding hydrogens is 1720 g/mol. The number of ether oxygens (including phenoxy) is 5. The summed E-state index contributed by atoms with van der Waals surface area (Å²) in [4.78, 5) is 0. The van der Waals surface area contributed by atoms with Crippen LogP contribution < -0.4 is 23.7 Å². The number of hydrogen-bond donors (Lipinski definition) is 0. The molecule has 5 heterocycles. The molecule has 0 N–H and O–H groups in total. The highest BCUT2D eigenvalue weighted by Crippen LogP contribution is 2.63. The molecule has 4 bridgehead atoms. The Balaban J connectivity index is 0.000000122. The van der Waals surface area contributed by atoms with Crippen LogP contribution in [0, 0.1) is 38.5 Å². The van der Waals surface area contributed by atoms with Crippen LogP contribution in [0.25, 0.3) is 0 Å². The second kappa shape index (κ2) is 42.2. The third-order valence-corrected chi connectivity index (χ3v) is 31.8. The van der Waals surface area contributed by atoms with Gasteiger partial charge in [-0.2, -0.15) is 22.9 Å². The maximum atomic E-state index is 6.60. The Morgan fingerprint density at radius 2 is 0.596 bits per heavy atom. The summed E-state index contributed by atoms with van der Waals surface area (Å²) in [6.45, 7) is 52.5. The molecule has 4 fully saturated rings. The Morgan fingerprint density at radius 3 is 0.986 bits per heavy atom. The number of benzene rings is 13. The number of nitrogens with zero attached hydrogens (tertiary/aromatic N) is 5. The van der Waals surface area contributed by atoms with Gasteiger partial charge in [-0.15, -0.1) is 0 Å². The van der Waals surface area contributed by atoms with Gasteiger partial charge in [0.25, 0.3) is 33.7 Å². The van der Waals surface area contributed by atoms with Gasteiger partial charge in [0.1, 0.15) is 28.7 Å². The molecule has 13 aromatic rings. The Bertz CT molecular complexity index is 6780. The highest BCUT2D eigenvalue weighted by Gasteiger charge is 2.54. The molecule has 0 atom stereocenters. The molecule has 0 radical (unpaired) electrons. The second-order valence-corrected chi connectivity index (χ2v) is 44.6.